The van der Waals surface area contributed by atoms with Gasteiger partial charge in [0.2, 0.25) is 0 Å². The molecule has 2 aliphatic rings. The molecule has 5 nitrogen and oxygen atoms in total. The van der Waals surface area contributed by atoms with Gasteiger partial charge in [-0.3, -0.25) is 9.69 Å². The van der Waals surface area contributed by atoms with Crippen LogP contribution >= 0.6 is 0 Å². The first-order valence-electron chi connectivity index (χ1n) is 10.4. The predicted molar refractivity (Wildman–Crippen MR) is 107 cm³/mol. The van der Waals surface area contributed by atoms with Gasteiger partial charge in [0.25, 0.3) is 5.91 Å². The Morgan fingerprint density at radius 3 is 2.23 bits per heavy atom. The molecule has 3 rings (SSSR count). The maximum Gasteiger partial charge on any atom is 0.401 e. The van der Waals surface area contributed by atoms with Crippen molar-refractivity contribution in [1.29, 1.82) is 0 Å². The number of carbonyl (C=O) groups is 2. The van der Waals surface area contributed by atoms with E-state index in [1.807, 2.05) is 0 Å². The van der Waals surface area contributed by atoms with E-state index in [9.17, 15) is 22.8 Å². The highest BCUT2D eigenvalue weighted by Crippen LogP contribution is 2.43. The Bertz CT molecular complexity index is 766. The summed E-state index contributed by atoms with van der Waals surface area (Å²) in [6, 6.07) is 8.13. The molecule has 1 N–H and O–H groups in total. The molecule has 1 aliphatic carbocycles. The number of hydrogen-bond acceptors (Lipinski definition) is 3. The molecule has 0 unspecified atom stereocenters. The van der Waals surface area contributed by atoms with Crippen LogP contribution < -0.4 is 5.32 Å². The zero-order valence-electron chi connectivity index (χ0n) is 17.8. The SMILES string of the molecule is CC(C)(C)C1CCC2(CC1)NC(=O)N(CN(Cc1ccccc1)CC(F)(F)F)C2=O. The molecule has 1 aromatic rings. The van der Waals surface area contributed by atoms with Crippen LogP contribution in [-0.4, -0.2) is 46.7 Å². The molecule has 1 heterocycles. The van der Waals surface area contributed by atoms with Gasteiger partial charge >= 0.3 is 12.2 Å². The second kappa shape index (κ2) is 8.21. The third-order valence-electron chi connectivity index (χ3n) is 6.30. The van der Waals surface area contributed by atoms with E-state index < -0.39 is 30.2 Å². The third kappa shape index (κ3) is 5.14. The fourth-order valence-electron chi connectivity index (χ4n) is 4.57. The first kappa shape index (κ1) is 22.6. The van der Waals surface area contributed by atoms with E-state index in [0.717, 1.165) is 22.6 Å². The van der Waals surface area contributed by atoms with Gasteiger partial charge in [0.1, 0.15) is 5.54 Å². The van der Waals surface area contributed by atoms with Gasteiger partial charge in [0, 0.05) is 6.54 Å². The van der Waals surface area contributed by atoms with Crippen LogP contribution in [0, 0.1) is 11.3 Å². The van der Waals surface area contributed by atoms with Crippen molar-refractivity contribution in [3.63, 3.8) is 0 Å². The van der Waals surface area contributed by atoms with E-state index in [4.69, 9.17) is 0 Å². The lowest BCUT2D eigenvalue weighted by atomic mass is 9.67. The highest BCUT2D eigenvalue weighted by molar-refractivity contribution is 6.07. The second-order valence-corrected chi connectivity index (χ2v) is 9.61. The van der Waals surface area contributed by atoms with Crippen LogP contribution in [0.5, 0.6) is 0 Å². The molecule has 0 bridgehead atoms. The van der Waals surface area contributed by atoms with Crippen LogP contribution in [0.4, 0.5) is 18.0 Å². The van der Waals surface area contributed by atoms with E-state index in [-0.39, 0.29) is 18.6 Å². The normalized spacial score (nSPS) is 25.3. The lowest BCUT2D eigenvalue weighted by Crippen LogP contribution is -2.51. The smallest absolute Gasteiger partial charge is 0.323 e. The Balaban J connectivity index is 1.72. The predicted octanol–water partition coefficient (Wildman–Crippen LogP) is 4.54. The molecule has 1 aromatic carbocycles. The van der Waals surface area contributed by atoms with Gasteiger partial charge in [-0.1, -0.05) is 51.1 Å². The number of urea groups is 1. The summed E-state index contributed by atoms with van der Waals surface area (Å²) in [7, 11) is 0. The summed E-state index contributed by atoms with van der Waals surface area (Å²) < 4.78 is 39.4. The first-order chi connectivity index (χ1) is 13.9. The van der Waals surface area contributed by atoms with Crippen molar-refractivity contribution < 1.29 is 22.8 Å². The van der Waals surface area contributed by atoms with Crippen LogP contribution in [0.3, 0.4) is 0 Å². The highest BCUT2D eigenvalue weighted by atomic mass is 19.4. The Hall–Kier alpha value is -2.09. The second-order valence-electron chi connectivity index (χ2n) is 9.61. The molecule has 0 aromatic heterocycles. The van der Waals surface area contributed by atoms with Gasteiger partial charge < -0.3 is 5.32 Å². The Kier molecular flexibility index (Phi) is 6.18. The van der Waals surface area contributed by atoms with Crippen molar-refractivity contribution in [3.8, 4) is 0 Å². The van der Waals surface area contributed by atoms with Crippen molar-refractivity contribution in [2.75, 3.05) is 13.2 Å². The minimum atomic E-state index is -4.43. The van der Waals surface area contributed by atoms with Gasteiger partial charge in [-0.15, -0.1) is 0 Å². The maximum absolute atomic E-state index is 13.1. The van der Waals surface area contributed by atoms with Crippen molar-refractivity contribution in [2.45, 2.75) is 64.7 Å². The monoisotopic (exact) mass is 425 g/mol. The van der Waals surface area contributed by atoms with E-state index in [1.54, 1.807) is 30.3 Å². The molecule has 1 saturated carbocycles. The average molecular weight is 425 g/mol. The number of nitrogens with one attached hydrogen (secondary N) is 1. The maximum atomic E-state index is 13.1. The number of halogens is 3. The van der Waals surface area contributed by atoms with Crippen molar-refractivity contribution in [2.24, 2.45) is 11.3 Å². The lowest BCUT2D eigenvalue weighted by Gasteiger charge is -2.40. The summed E-state index contributed by atoms with van der Waals surface area (Å²) in [5, 5.41) is 2.80. The zero-order valence-corrected chi connectivity index (χ0v) is 17.8. The van der Waals surface area contributed by atoms with Crippen molar-refractivity contribution in [3.05, 3.63) is 35.9 Å². The topological polar surface area (TPSA) is 52.7 Å². The van der Waals surface area contributed by atoms with Gasteiger partial charge in [-0.25, -0.2) is 9.69 Å². The summed E-state index contributed by atoms with van der Waals surface area (Å²) in [6.07, 6.45) is -1.78. The Morgan fingerprint density at radius 2 is 1.70 bits per heavy atom. The van der Waals surface area contributed by atoms with Gasteiger partial charge in [0.15, 0.2) is 0 Å². The molecular weight excluding hydrogens is 395 g/mol. The summed E-state index contributed by atoms with van der Waals surface area (Å²) in [5.74, 6) is 0.0433. The number of benzene rings is 1. The van der Waals surface area contributed by atoms with Crippen LogP contribution in [0.15, 0.2) is 30.3 Å². The van der Waals surface area contributed by atoms with Gasteiger partial charge in [0.05, 0.1) is 13.2 Å². The van der Waals surface area contributed by atoms with Crippen LogP contribution in [-0.2, 0) is 11.3 Å². The highest BCUT2D eigenvalue weighted by Gasteiger charge is 2.53. The van der Waals surface area contributed by atoms with Crippen LogP contribution in [0.25, 0.3) is 0 Å². The number of amides is 3. The fraction of sp³-hybridized carbons (Fsp3) is 0.636. The summed E-state index contributed by atoms with van der Waals surface area (Å²) in [4.78, 5) is 27.8. The summed E-state index contributed by atoms with van der Waals surface area (Å²) >= 11 is 0. The van der Waals surface area contributed by atoms with E-state index in [2.05, 4.69) is 26.1 Å². The molecule has 3 amide bonds. The van der Waals surface area contributed by atoms with E-state index in [1.165, 1.54) is 0 Å². The molecule has 1 saturated heterocycles. The number of nitrogens with zero attached hydrogens (tertiary/aromatic N) is 2. The third-order valence-corrected chi connectivity index (χ3v) is 6.30. The minimum Gasteiger partial charge on any atom is -0.323 e. The van der Waals surface area contributed by atoms with Gasteiger partial charge in [-0.05, 0) is 42.6 Å². The molecule has 0 atom stereocenters. The molecule has 166 valence electrons. The molecule has 30 heavy (non-hydrogen) atoms. The standard InChI is InChI=1S/C22H30F3N3O2/c1-20(2,3)17-9-11-21(12-10-17)18(29)28(19(30)26-21)15-27(14-22(23,24)25)13-16-7-5-4-6-8-16/h4-8,17H,9-15H2,1-3H3,(H,26,30). The van der Waals surface area contributed by atoms with Crippen LogP contribution in [0.1, 0.15) is 52.0 Å². The molecule has 8 heteroatoms. The van der Waals surface area contributed by atoms with Crippen molar-refractivity contribution in [1.82, 2.24) is 15.1 Å². The first-order valence-corrected chi connectivity index (χ1v) is 10.4. The largest absolute Gasteiger partial charge is 0.401 e. The molecule has 0 radical (unpaired) electrons. The van der Waals surface area contributed by atoms with E-state index in [0.29, 0.717) is 24.3 Å². The zero-order chi connectivity index (χ0) is 22.2. The summed E-state index contributed by atoms with van der Waals surface area (Å²) in [5.41, 5.74) is -0.170. The van der Waals surface area contributed by atoms with Crippen molar-refractivity contribution >= 4 is 11.9 Å². The molecule has 2 fully saturated rings. The number of imide groups is 1. The van der Waals surface area contributed by atoms with E-state index >= 15 is 0 Å². The minimum absolute atomic E-state index is 0.00346. The van der Waals surface area contributed by atoms with Gasteiger partial charge in [-0.2, -0.15) is 13.2 Å². The number of carbonyl (C=O) groups excluding carboxylic acids is 2. The summed E-state index contributed by atoms with van der Waals surface area (Å²) in [6.45, 7) is 4.90. The number of hydrogen-bond donors (Lipinski definition) is 1. The fourth-order valence-corrected chi connectivity index (χ4v) is 4.57. The lowest BCUT2D eigenvalue weighted by molar-refractivity contribution is -0.154. The average Bonchev–Trinajstić information content (AvgIpc) is 2.85. The quantitative estimate of drug-likeness (QED) is 0.705. The molecule has 1 spiro atoms. The number of rotatable bonds is 5. The molecule has 1 aliphatic heterocycles. The number of alkyl halides is 3. The Labute approximate surface area is 175 Å². The Morgan fingerprint density at radius 1 is 1.10 bits per heavy atom. The van der Waals surface area contributed by atoms with Crippen LogP contribution in [0.2, 0.25) is 0 Å². The molecular formula is C22H30F3N3O2.